The van der Waals surface area contributed by atoms with Crippen LogP contribution < -0.4 is 10.5 Å². The van der Waals surface area contributed by atoms with Crippen molar-refractivity contribution in [2.24, 2.45) is 0 Å². The molecule has 7 nitrogen and oxygen atoms in total. The van der Waals surface area contributed by atoms with E-state index in [2.05, 4.69) is 4.98 Å². The van der Waals surface area contributed by atoms with Gasteiger partial charge in [0.25, 0.3) is 11.8 Å². The minimum atomic E-state index is -2.80. The summed E-state index contributed by atoms with van der Waals surface area (Å²) in [6, 6.07) is 15.4. The Morgan fingerprint density at radius 1 is 1.14 bits per heavy atom. The second-order valence-corrected chi connectivity index (χ2v) is 9.10. The smallest absolute Gasteiger partial charge is 0.282 e. The summed E-state index contributed by atoms with van der Waals surface area (Å²) < 4.78 is 31.8. The minimum absolute atomic E-state index is 0.188. The number of anilines is 1. The highest BCUT2D eigenvalue weighted by atomic mass is 35.5. The number of likely N-dealkylation sites (N-methyl/N-ethyl adjacent to an activating group) is 1. The summed E-state index contributed by atoms with van der Waals surface area (Å²) in [5, 5.41) is 0.394. The van der Waals surface area contributed by atoms with Gasteiger partial charge in [-0.15, -0.1) is 0 Å². The molecule has 192 valence electrons. The van der Waals surface area contributed by atoms with Crippen molar-refractivity contribution in [3.8, 4) is 16.9 Å². The molecule has 37 heavy (non-hydrogen) atoms. The van der Waals surface area contributed by atoms with Gasteiger partial charge in [-0.05, 0) is 59.2 Å². The maximum atomic E-state index is 13.0. The normalized spacial score (nSPS) is 14.3. The zero-order chi connectivity index (χ0) is 26.6. The van der Waals surface area contributed by atoms with Gasteiger partial charge in [-0.3, -0.25) is 9.59 Å². The van der Waals surface area contributed by atoms with Crippen molar-refractivity contribution in [1.29, 1.82) is 0 Å². The number of ether oxygens (including phenoxy) is 1. The van der Waals surface area contributed by atoms with E-state index in [0.29, 0.717) is 28.7 Å². The lowest BCUT2D eigenvalue weighted by atomic mass is 10.0. The number of halogens is 3. The van der Waals surface area contributed by atoms with Gasteiger partial charge in [0.1, 0.15) is 18.2 Å². The molecule has 0 atom stereocenters. The molecule has 10 heteroatoms. The van der Waals surface area contributed by atoms with Crippen molar-refractivity contribution in [2.45, 2.75) is 5.92 Å². The highest BCUT2D eigenvalue weighted by molar-refractivity contribution is 6.32. The zero-order valence-corrected chi connectivity index (χ0v) is 20.8. The zero-order valence-electron chi connectivity index (χ0n) is 20.0. The Bertz CT molecular complexity index is 1310. The van der Waals surface area contributed by atoms with Crippen LogP contribution in [0.3, 0.4) is 0 Å². The maximum Gasteiger partial charge on any atom is 0.282 e. The third-order valence-electron chi connectivity index (χ3n) is 5.82. The van der Waals surface area contributed by atoms with Crippen LogP contribution in [0.5, 0.6) is 5.75 Å². The Hall–Kier alpha value is -3.98. The number of likely N-dealkylation sites (tertiary alicyclic amines) is 1. The van der Waals surface area contributed by atoms with E-state index < -0.39 is 24.9 Å². The predicted octanol–water partition coefficient (Wildman–Crippen LogP) is 4.63. The Kier molecular flexibility index (Phi) is 7.73. The van der Waals surface area contributed by atoms with Crippen molar-refractivity contribution in [3.05, 3.63) is 83.0 Å². The van der Waals surface area contributed by atoms with E-state index in [-0.39, 0.29) is 12.5 Å². The van der Waals surface area contributed by atoms with E-state index in [1.54, 1.807) is 67.9 Å². The largest absolute Gasteiger partial charge is 0.490 e. The molecule has 3 aromatic rings. The predicted molar refractivity (Wildman–Crippen MR) is 139 cm³/mol. The Morgan fingerprint density at radius 3 is 2.46 bits per heavy atom. The van der Waals surface area contributed by atoms with Crippen LogP contribution >= 0.6 is 11.6 Å². The molecule has 2 heterocycles. The standard InChI is InChI=1S/C27H25ClF2N4O3/c1-33(25(35)11-3-18-2-10-24(31)32-15-18)12-13-37-23-9-8-21(14-22(23)28)19-4-6-20(7-5-19)26(36)34-16-27(29,30)17-34/h2-11,14-15H,12-13,16-17H2,1H3,(H2,31,32). The lowest BCUT2D eigenvalue weighted by Gasteiger charge is -2.38. The van der Waals surface area contributed by atoms with Crippen LogP contribution in [0.15, 0.2) is 66.9 Å². The van der Waals surface area contributed by atoms with Gasteiger partial charge in [-0.25, -0.2) is 13.8 Å². The maximum absolute atomic E-state index is 13.0. The SMILES string of the molecule is CN(CCOc1ccc(-c2ccc(C(=O)N3CC(F)(F)C3)cc2)cc1Cl)C(=O)C=Cc1ccc(N)nc1. The van der Waals surface area contributed by atoms with Crippen LogP contribution in [0.4, 0.5) is 14.6 Å². The van der Waals surface area contributed by atoms with Crippen LogP contribution in [0, 0.1) is 0 Å². The quantitative estimate of drug-likeness (QED) is 0.432. The Morgan fingerprint density at radius 2 is 1.84 bits per heavy atom. The van der Waals surface area contributed by atoms with Gasteiger partial charge in [0.05, 0.1) is 24.7 Å². The first kappa shape index (κ1) is 26.1. The van der Waals surface area contributed by atoms with Crippen molar-refractivity contribution < 1.29 is 23.1 Å². The van der Waals surface area contributed by atoms with E-state index in [0.717, 1.165) is 21.6 Å². The Balaban J connectivity index is 1.28. The fourth-order valence-electron chi connectivity index (χ4n) is 3.65. The number of alkyl halides is 2. The summed E-state index contributed by atoms with van der Waals surface area (Å²) in [6.45, 7) is -0.510. The summed E-state index contributed by atoms with van der Waals surface area (Å²) in [5.74, 6) is -2.52. The third-order valence-corrected chi connectivity index (χ3v) is 6.11. The molecule has 0 spiro atoms. The molecular formula is C27H25ClF2N4O3. The molecule has 0 unspecified atom stereocenters. The average molecular weight is 527 g/mol. The monoisotopic (exact) mass is 526 g/mol. The molecule has 1 aliphatic rings. The molecule has 0 aliphatic carbocycles. The second kappa shape index (κ2) is 11.0. The van der Waals surface area contributed by atoms with Crippen LogP contribution in [0.25, 0.3) is 17.2 Å². The first-order valence-electron chi connectivity index (χ1n) is 11.5. The Labute approximate surface area is 218 Å². The van der Waals surface area contributed by atoms with Crippen LogP contribution in [0.1, 0.15) is 15.9 Å². The van der Waals surface area contributed by atoms with Crippen LogP contribution in [-0.4, -0.2) is 65.8 Å². The lowest BCUT2D eigenvalue weighted by Crippen LogP contribution is -2.58. The molecule has 1 aromatic heterocycles. The van der Waals surface area contributed by atoms with Crippen molar-refractivity contribution in [1.82, 2.24) is 14.8 Å². The first-order valence-corrected chi connectivity index (χ1v) is 11.8. The molecule has 2 N–H and O–H groups in total. The highest BCUT2D eigenvalue weighted by Gasteiger charge is 2.46. The molecule has 0 bridgehead atoms. The van der Waals surface area contributed by atoms with Crippen molar-refractivity contribution in [3.63, 3.8) is 0 Å². The molecular weight excluding hydrogens is 502 g/mol. The summed E-state index contributed by atoms with van der Waals surface area (Å²) >= 11 is 6.40. The summed E-state index contributed by atoms with van der Waals surface area (Å²) in [5.41, 5.74) is 8.29. The number of hydrogen-bond donors (Lipinski definition) is 1. The molecule has 2 amide bonds. The topological polar surface area (TPSA) is 88.8 Å². The molecule has 1 aliphatic heterocycles. The fraction of sp³-hybridized carbons (Fsp3) is 0.222. The lowest BCUT2D eigenvalue weighted by molar-refractivity contribution is -0.125. The minimum Gasteiger partial charge on any atom is -0.490 e. The molecule has 1 saturated heterocycles. The summed E-state index contributed by atoms with van der Waals surface area (Å²) in [7, 11) is 1.67. The first-order chi connectivity index (χ1) is 17.6. The summed E-state index contributed by atoms with van der Waals surface area (Å²) in [6.07, 6.45) is 4.69. The molecule has 0 saturated carbocycles. The number of hydrogen-bond acceptors (Lipinski definition) is 5. The molecule has 2 aromatic carbocycles. The number of rotatable bonds is 8. The summed E-state index contributed by atoms with van der Waals surface area (Å²) in [4.78, 5) is 31.2. The van der Waals surface area contributed by atoms with E-state index >= 15 is 0 Å². The number of nitrogens with zero attached hydrogens (tertiary/aromatic N) is 3. The van der Waals surface area contributed by atoms with E-state index in [1.165, 1.54) is 11.0 Å². The third kappa shape index (κ3) is 6.62. The second-order valence-electron chi connectivity index (χ2n) is 8.70. The van der Waals surface area contributed by atoms with Crippen LogP contribution in [0.2, 0.25) is 5.02 Å². The number of carbonyl (C=O) groups is 2. The van der Waals surface area contributed by atoms with Crippen LogP contribution in [-0.2, 0) is 4.79 Å². The molecule has 4 rings (SSSR count). The number of pyridine rings is 1. The number of carbonyl (C=O) groups excluding carboxylic acids is 2. The van der Waals surface area contributed by atoms with Crippen molar-refractivity contribution >= 4 is 35.3 Å². The van der Waals surface area contributed by atoms with Gasteiger partial charge in [0.2, 0.25) is 5.91 Å². The number of nitrogen functional groups attached to an aromatic ring is 1. The van der Waals surface area contributed by atoms with E-state index in [1.807, 2.05) is 6.07 Å². The fourth-order valence-corrected chi connectivity index (χ4v) is 3.89. The van der Waals surface area contributed by atoms with E-state index in [4.69, 9.17) is 22.1 Å². The highest BCUT2D eigenvalue weighted by Crippen LogP contribution is 2.32. The molecule has 1 fully saturated rings. The van der Waals surface area contributed by atoms with E-state index in [9.17, 15) is 18.4 Å². The number of aromatic nitrogens is 1. The number of amides is 2. The van der Waals surface area contributed by atoms with Gasteiger partial charge in [-0.2, -0.15) is 0 Å². The van der Waals surface area contributed by atoms with Gasteiger partial charge in [0.15, 0.2) is 0 Å². The number of nitrogens with two attached hydrogens (primary N) is 1. The van der Waals surface area contributed by atoms with Gasteiger partial charge < -0.3 is 20.3 Å². The van der Waals surface area contributed by atoms with Gasteiger partial charge >= 0.3 is 0 Å². The van der Waals surface area contributed by atoms with Gasteiger partial charge in [-0.1, -0.05) is 29.8 Å². The van der Waals surface area contributed by atoms with Crippen molar-refractivity contribution in [2.75, 3.05) is 39.0 Å². The average Bonchev–Trinajstić information content (AvgIpc) is 2.87. The molecule has 0 radical (unpaired) electrons. The van der Waals surface area contributed by atoms with Gasteiger partial charge in [0, 0.05) is 24.9 Å². The number of benzene rings is 2.